The molecule has 9 heteroatoms. The van der Waals surface area contributed by atoms with E-state index >= 15 is 0 Å². The molecule has 0 atom stereocenters. The Morgan fingerprint density at radius 1 is 1.12 bits per heavy atom. The van der Waals surface area contributed by atoms with Crippen LogP contribution >= 0.6 is 11.6 Å². The molecule has 34 heavy (non-hydrogen) atoms. The molecule has 0 bridgehead atoms. The number of ether oxygens (including phenoxy) is 1. The molecule has 0 saturated heterocycles. The van der Waals surface area contributed by atoms with Crippen molar-refractivity contribution < 1.29 is 13.9 Å². The van der Waals surface area contributed by atoms with Gasteiger partial charge in [0, 0.05) is 16.0 Å². The number of nitrogens with zero attached hydrogens (tertiary/aromatic N) is 3. The van der Waals surface area contributed by atoms with Crippen LogP contribution in [0.4, 0.5) is 0 Å². The van der Waals surface area contributed by atoms with Crippen LogP contribution in [0.25, 0.3) is 33.5 Å². The molecule has 0 aliphatic rings. The van der Waals surface area contributed by atoms with Gasteiger partial charge in [0.15, 0.2) is 12.4 Å². The number of primary amides is 1. The highest BCUT2D eigenvalue weighted by Crippen LogP contribution is 2.29. The zero-order chi connectivity index (χ0) is 23.7. The Morgan fingerprint density at radius 3 is 2.76 bits per heavy atom. The largest absolute Gasteiger partial charge is 0.483 e. The number of aromatic nitrogens is 2. The summed E-state index contributed by atoms with van der Waals surface area (Å²) >= 11 is 6.11. The van der Waals surface area contributed by atoms with E-state index in [1.165, 1.54) is 10.9 Å². The summed E-state index contributed by atoms with van der Waals surface area (Å²) in [5, 5.41) is 6.15. The van der Waals surface area contributed by atoms with E-state index in [4.69, 9.17) is 26.5 Å². The standard InChI is InChI=1S/C25H17ClN4O4/c26-17-9-10-21-16(11-17)12-22(34-21)24-29-19-7-3-2-6-18(19)25(32)30(24)28-13-15-5-1-4-8-20(15)33-14-23(27)31/h1-13H,14H2,(H2,27,31). The molecule has 0 fully saturated rings. The van der Waals surface area contributed by atoms with Gasteiger partial charge in [-0.25, -0.2) is 4.98 Å². The summed E-state index contributed by atoms with van der Waals surface area (Å²) in [7, 11) is 0. The number of furan rings is 1. The number of benzene rings is 3. The fourth-order valence-electron chi connectivity index (χ4n) is 3.50. The van der Waals surface area contributed by atoms with Gasteiger partial charge in [-0.15, -0.1) is 0 Å². The second kappa shape index (κ2) is 8.84. The number of hydrogen-bond donors (Lipinski definition) is 1. The van der Waals surface area contributed by atoms with Crippen molar-refractivity contribution in [2.75, 3.05) is 6.61 Å². The molecule has 0 radical (unpaired) electrons. The van der Waals surface area contributed by atoms with Crippen LogP contribution in [0.15, 0.2) is 87.1 Å². The number of nitrogens with two attached hydrogens (primary N) is 1. The van der Waals surface area contributed by atoms with E-state index in [2.05, 4.69) is 10.1 Å². The van der Waals surface area contributed by atoms with Gasteiger partial charge < -0.3 is 14.9 Å². The highest BCUT2D eigenvalue weighted by atomic mass is 35.5. The highest BCUT2D eigenvalue weighted by molar-refractivity contribution is 6.31. The SMILES string of the molecule is NC(=O)COc1ccccc1C=Nn1c(-c2cc3cc(Cl)ccc3o2)nc2ccccc2c1=O. The maximum absolute atomic E-state index is 13.4. The van der Waals surface area contributed by atoms with E-state index in [1.54, 1.807) is 72.8 Å². The van der Waals surface area contributed by atoms with Gasteiger partial charge in [0.25, 0.3) is 11.5 Å². The topological polar surface area (TPSA) is 113 Å². The van der Waals surface area contributed by atoms with Gasteiger partial charge in [-0.1, -0.05) is 35.9 Å². The second-order valence-corrected chi connectivity index (χ2v) is 7.84. The molecular weight excluding hydrogens is 456 g/mol. The summed E-state index contributed by atoms with van der Waals surface area (Å²) in [6.07, 6.45) is 1.46. The lowest BCUT2D eigenvalue weighted by Gasteiger charge is -2.09. The van der Waals surface area contributed by atoms with Crippen LogP contribution in [0.5, 0.6) is 5.75 Å². The van der Waals surface area contributed by atoms with Crippen LogP contribution in [0.1, 0.15) is 5.56 Å². The summed E-state index contributed by atoms with van der Waals surface area (Å²) in [6.45, 7) is -0.283. The molecule has 1 amide bonds. The Labute approximate surface area is 197 Å². The molecule has 2 heterocycles. The Balaban J connectivity index is 1.67. The average molecular weight is 473 g/mol. The third-order valence-corrected chi connectivity index (χ3v) is 5.29. The van der Waals surface area contributed by atoms with E-state index in [0.29, 0.717) is 38.6 Å². The number of carbonyl (C=O) groups is 1. The van der Waals surface area contributed by atoms with Crippen molar-refractivity contribution in [3.05, 3.63) is 93.7 Å². The first-order chi connectivity index (χ1) is 16.5. The molecule has 0 aliphatic heterocycles. The molecular formula is C25H17ClN4O4. The van der Waals surface area contributed by atoms with Crippen molar-refractivity contribution in [1.82, 2.24) is 9.66 Å². The molecule has 0 aliphatic carbocycles. The summed E-state index contributed by atoms with van der Waals surface area (Å²) < 4.78 is 12.6. The average Bonchev–Trinajstić information content (AvgIpc) is 3.25. The summed E-state index contributed by atoms with van der Waals surface area (Å²) in [4.78, 5) is 29.1. The first-order valence-corrected chi connectivity index (χ1v) is 10.6. The third-order valence-electron chi connectivity index (χ3n) is 5.05. The Morgan fingerprint density at radius 2 is 1.91 bits per heavy atom. The van der Waals surface area contributed by atoms with Crippen LogP contribution in [0.2, 0.25) is 5.02 Å². The van der Waals surface area contributed by atoms with Gasteiger partial charge in [0.1, 0.15) is 11.3 Å². The number of amides is 1. The van der Waals surface area contributed by atoms with Crippen LogP contribution in [0, 0.1) is 0 Å². The van der Waals surface area contributed by atoms with Crippen molar-refractivity contribution in [2.24, 2.45) is 10.8 Å². The molecule has 8 nitrogen and oxygen atoms in total. The molecule has 0 unspecified atom stereocenters. The van der Waals surface area contributed by atoms with E-state index in [-0.39, 0.29) is 18.0 Å². The zero-order valence-corrected chi connectivity index (χ0v) is 18.4. The minimum Gasteiger partial charge on any atom is -0.483 e. The number of para-hydroxylation sites is 2. The van der Waals surface area contributed by atoms with Crippen molar-refractivity contribution in [1.29, 1.82) is 0 Å². The Kier molecular flexibility index (Phi) is 5.57. The molecule has 2 aromatic heterocycles. The smallest absolute Gasteiger partial charge is 0.282 e. The molecule has 2 N–H and O–H groups in total. The van der Waals surface area contributed by atoms with Gasteiger partial charge in [0.05, 0.1) is 17.1 Å². The number of fused-ring (bicyclic) bond motifs is 2. The van der Waals surface area contributed by atoms with E-state index < -0.39 is 5.91 Å². The number of hydrogen-bond acceptors (Lipinski definition) is 6. The van der Waals surface area contributed by atoms with Gasteiger partial charge in [0.2, 0.25) is 5.82 Å². The monoisotopic (exact) mass is 472 g/mol. The van der Waals surface area contributed by atoms with Gasteiger partial charge in [-0.2, -0.15) is 9.78 Å². The fourth-order valence-corrected chi connectivity index (χ4v) is 3.68. The zero-order valence-electron chi connectivity index (χ0n) is 17.6. The molecule has 3 aromatic carbocycles. The molecule has 5 aromatic rings. The van der Waals surface area contributed by atoms with Crippen molar-refractivity contribution in [2.45, 2.75) is 0 Å². The predicted octanol–water partition coefficient (Wildman–Crippen LogP) is 4.21. The van der Waals surface area contributed by atoms with E-state index in [1.807, 2.05) is 0 Å². The summed E-state index contributed by atoms with van der Waals surface area (Å²) in [5.74, 6) is 0.374. The van der Waals surface area contributed by atoms with Crippen molar-refractivity contribution in [3.63, 3.8) is 0 Å². The molecule has 0 spiro atoms. The minimum absolute atomic E-state index is 0.225. The van der Waals surface area contributed by atoms with Crippen LogP contribution in [-0.2, 0) is 4.79 Å². The summed E-state index contributed by atoms with van der Waals surface area (Å²) in [5.41, 5.74) is 6.47. The van der Waals surface area contributed by atoms with Crippen molar-refractivity contribution >= 4 is 45.6 Å². The normalized spacial score (nSPS) is 11.4. The molecule has 168 valence electrons. The quantitative estimate of drug-likeness (QED) is 0.372. The van der Waals surface area contributed by atoms with Crippen LogP contribution in [0.3, 0.4) is 0 Å². The van der Waals surface area contributed by atoms with Gasteiger partial charge in [-0.05, 0) is 48.5 Å². The predicted molar refractivity (Wildman–Crippen MR) is 130 cm³/mol. The maximum atomic E-state index is 13.4. The lowest BCUT2D eigenvalue weighted by molar-refractivity contribution is -0.119. The summed E-state index contributed by atoms with van der Waals surface area (Å²) in [6, 6.07) is 20.9. The number of carbonyl (C=O) groups excluding carboxylic acids is 1. The van der Waals surface area contributed by atoms with Crippen LogP contribution in [-0.4, -0.2) is 28.4 Å². The first-order valence-electron chi connectivity index (χ1n) is 10.3. The highest BCUT2D eigenvalue weighted by Gasteiger charge is 2.17. The van der Waals surface area contributed by atoms with E-state index in [9.17, 15) is 9.59 Å². The Bertz CT molecular complexity index is 1640. The molecule has 0 saturated carbocycles. The second-order valence-electron chi connectivity index (χ2n) is 7.40. The Hall–Kier alpha value is -4.43. The maximum Gasteiger partial charge on any atom is 0.282 e. The number of rotatable bonds is 6. The van der Waals surface area contributed by atoms with Gasteiger partial charge in [-0.3, -0.25) is 9.59 Å². The van der Waals surface area contributed by atoms with Crippen molar-refractivity contribution in [3.8, 4) is 17.3 Å². The lowest BCUT2D eigenvalue weighted by atomic mass is 10.2. The van der Waals surface area contributed by atoms with E-state index in [0.717, 1.165) is 5.39 Å². The first kappa shape index (κ1) is 21.4. The third kappa shape index (κ3) is 4.14. The van der Waals surface area contributed by atoms with Gasteiger partial charge >= 0.3 is 0 Å². The van der Waals surface area contributed by atoms with Crippen LogP contribution < -0.4 is 16.0 Å². The minimum atomic E-state index is -0.603. The molecule has 5 rings (SSSR count). The lowest BCUT2D eigenvalue weighted by Crippen LogP contribution is -2.21. The number of halogens is 1. The fraction of sp³-hybridized carbons (Fsp3) is 0.0400.